The van der Waals surface area contributed by atoms with Crippen molar-refractivity contribution < 1.29 is 23.5 Å². The second-order valence-electron chi connectivity index (χ2n) is 6.31. The van der Waals surface area contributed by atoms with Gasteiger partial charge in [0, 0.05) is 24.8 Å². The van der Waals surface area contributed by atoms with Gasteiger partial charge in [-0.05, 0) is 32.0 Å². The summed E-state index contributed by atoms with van der Waals surface area (Å²) in [6, 6.07) is 2.38. The first kappa shape index (κ1) is 20.6. The lowest BCUT2D eigenvalue weighted by Crippen LogP contribution is -2.52. The third-order valence-electron chi connectivity index (χ3n) is 3.77. The number of ether oxygens (including phenoxy) is 1. The number of benzene rings is 1. The molecular formula is C17H24FN5O4. The van der Waals surface area contributed by atoms with Crippen LogP contribution < -0.4 is 26.6 Å². The second kappa shape index (κ2) is 9.28. The van der Waals surface area contributed by atoms with Crippen LogP contribution in [0.2, 0.25) is 0 Å². The SMILES string of the molecule is CC(C)NC(=O)N[C@H](CN)C(=O)Nc1ccc(N2CCOCC2=O)c(F)c1. The van der Waals surface area contributed by atoms with Crippen LogP contribution in [0.5, 0.6) is 0 Å². The fraction of sp³-hybridized carbons (Fsp3) is 0.471. The summed E-state index contributed by atoms with van der Waals surface area (Å²) >= 11 is 0. The van der Waals surface area contributed by atoms with Crippen molar-refractivity contribution in [2.24, 2.45) is 5.73 Å². The fourth-order valence-corrected chi connectivity index (χ4v) is 2.50. The maximum absolute atomic E-state index is 14.4. The Hall–Kier alpha value is -2.72. The third kappa shape index (κ3) is 5.63. The Morgan fingerprint density at radius 3 is 2.67 bits per heavy atom. The predicted octanol–water partition coefficient (Wildman–Crippen LogP) is 0.162. The van der Waals surface area contributed by atoms with E-state index < -0.39 is 23.8 Å². The number of nitrogens with one attached hydrogen (secondary N) is 3. The minimum Gasteiger partial charge on any atom is -0.370 e. The highest BCUT2D eigenvalue weighted by atomic mass is 19.1. The first-order chi connectivity index (χ1) is 12.8. The summed E-state index contributed by atoms with van der Waals surface area (Å²) in [6.07, 6.45) is 0. The lowest BCUT2D eigenvalue weighted by Gasteiger charge is -2.27. The van der Waals surface area contributed by atoms with Gasteiger partial charge < -0.3 is 31.3 Å². The third-order valence-corrected chi connectivity index (χ3v) is 3.77. The lowest BCUT2D eigenvalue weighted by molar-refractivity contribution is -0.125. The van der Waals surface area contributed by atoms with Gasteiger partial charge in [0.15, 0.2) is 0 Å². The average molecular weight is 381 g/mol. The zero-order valence-corrected chi connectivity index (χ0v) is 15.3. The first-order valence-corrected chi connectivity index (χ1v) is 8.57. The van der Waals surface area contributed by atoms with Crippen LogP contribution >= 0.6 is 0 Å². The van der Waals surface area contributed by atoms with Crippen molar-refractivity contribution in [3.05, 3.63) is 24.0 Å². The fourth-order valence-electron chi connectivity index (χ4n) is 2.50. The molecule has 0 saturated carbocycles. The van der Waals surface area contributed by atoms with E-state index in [1.807, 2.05) is 0 Å². The molecule has 5 N–H and O–H groups in total. The minimum absolute atomic E-state index is 0.0970. The molecule has 27 heavy (non-hydrogen) atoms. The van der Waals surface area contributed by atoms with Gasteiger partial charge in [-0.2, -0.15) is 0 Å². The van der Waals surface area contributed by atoms with Crippen LogP contribution in [0.15, 0.2) is 18.2 Å². The maximum Gasteiger partial charge on any atom is 0.315 e. The standard InChI is InChI=1S/C17H24FN5O4/c1-10(2)20-17(26)22-13(8-19)16(25)21-11-3-4-14(12(18)7-11)23-5-6-27-9-15(23)24/h3-4,7,10,13H,5-6,8-9,19H2,1-2H3,(H,21,25)(H2,20,22,26)/t13-/m1/s1. The van der Waals surface area contributed by atoms with Crippen LogP contribution in [0, 0.1) is 5.82 Å². The Bertz CT molecular complexity index is 713. The number of hydrogen-bond acceptors (Lipinski definition) is 5. The number of nitrogens with two attached hydrogens (primary N) is 1. The molecule has 1 aliphatic heterocycles. The quantitative estimate of drug-likeness (QED) is 0.559. The van der Waals surface area contributed by atoms with Gasteiger partial charge in [0.25, 0.3) is 5.91 Å². The molecule has 1 aliphatic rings. The van der Waals surface area contributed by atoms with Crippen LogP contribution in [-0.4, -0.2) is 56.2 Å². The van der Waals surface area contributed by atoms with Crippen LogP contribution in [0.3, 0.4) is 0 Å². The maximum atomic E-state index is 14.4. The van der Waals surface area contributed by atoms with Crippen molar-refractivity contribution in [3.8, 4) is 0 Å². The number of carbonyl (C=O) groups is 3. The number of morpholine rings is 1. The number of carbonyl (C=O) groups excluding carboxylic acids is 3. The monoisotopic (exact) mass is 381 g/mol. The van der Waals surface area contributed by atoms with E-state index in [1.165, 1.54) is 17.0 Å². The van der Waals surface area contributed by atoms with Crippen molar-refractivity contribution in [2.45, 2.75) is 25.9 Å². The Morgan fingerprint density at radius 2 is 2.07 bits per heavy atom. The summed E-state index contributed by atoms with van der Waals surface area (Å²) in [5.74, 6) is -1.57. The molecule has 0 unspecified atom stereocenters. The van der Waals surface area contributed by atoms with Crippen molar-refractivity contribution in [1.29, 1.82) is 0 Å². The number of halogens is 1. The molecule has 1 aromatic rings. The van der Waals surface area contributed by atoms with Crippen LogP contribution in [0.4, 0.5) is 20.6 Å². The number of anilines is 2. The van der Waals surface area contributed by atoms with E-state index >= 15 is 0 Å². The molecule has 9 nitrogen and oxygen atoms in total. The summed E-state index contributed by atoms with van der Waals surface area (Å²) < 4.78 is 19.4. The van der Waals surface area contributed by atoms with Crippen molar-refractivity contribution >= 4 is 29.2 Å². The summed E-state index contributed by atoms with van der Waals surface area (Å²) in [5, 5.41) is 7.55. The molecule has 0 aromatic heterocycles. The molecule has 2 rings (SSSR count). The second-order valence-corrected chi connectivity index (χ2v) is 6.31. The van der Waals surface area contributed by atoms with Gasteiger partial charge in [0.05, 0.1) is 12.3 Å². The van der Waals surface area contributed by atoms with Crippen LogP contribution in [0.25, 0.3) is 0 Å². The van der Waals surface area contributed by atoms with Gasteiger partial charge in [-0.15, -0.1) is 0 Å². The van der Waals surface area contributed by atoms with Crippen LogP contribution in [0.1, 0.15) is 13.8 Å². The highest BCUT2D eigenvalue weighted by Gasteiger charge is 2.24. The van der Waals surface area contributed by atoms with Crippen molar-refractivity contribution in [1.82, 2.24) is 10.6 Å². The largest absolute Gasteiger partial charge is 0.370 e. The van der Waals surface area contributed by atoms with Crippen molar-refractivity contribution in [3.63, 3.8) is 0 Å². The Balaban J connectivity index is 2.03. The van der Waals surface area contributed by atoms with Gasteiger partial charge in [-0.25, -0.2) is 9.18 Å². The Morgan fingerprint density at radius 1 is 1.33 bits per heavy atom. The average Bonchev–Trinajstić information content (AvgIpc) is 2.60. The molecule has 1 aromatic carbocycles. The zero-order chi connectivity index (χ0) is 20.0. The Kier molecular flexibility index (Phi) is 7.08. The molecule has 1 heterocycles. The summed E-state index contributed by atoms with van der Waals surface area (Å²) in [7, 11) is 0. The van der Waals surface area contributed by atoms with Gasteiger partial charge in [0.2, 0.25) is 5.91 Å². The first-order valence-electron chi connectivity index (χ1n) is 8.57. The molecule has 148 valence electrons. The summed E-state index contributed by atoms with van der Waals surface area (Å²) in [5.41, 5.74) is 5.84. The van der Waals surface area contributed by atoms with E-state index in [0.717, 1.165) is 6.07 Å². The topological polar surface area (TPSA) is 126 Å². The van der Waals surface area contributed by atoms with Gasteiger partial charge in [0.1, 0.15) is 18.5 Å². The molecule has 0 radical (unpaired) electrons. The number of hydrogen-bond donors (Lipinski definition) is 4. The summed E-state index contributed by atoms with van der Waals surface area (Å²) in [4.78, 5) is 37.1. The molecule has 4 amide bonds. The number of amides is 4. The lowest BCUT2D eigenvalue weighted by atomic mass is 10.2. The highest BCUT2D eigenvalue weighted by molar-refractivity contribution is 5.98. The molecule has 0 bridgehead atoms. The molecule has 10 heteroatoms. The van der Waals surface area contributed by atoms with E-state index in [1.54, 1.807) is 13.8 Å². The van der Waals surface area contributed by atoms with Gasteiger partial charge in [-0.1, -0.05) is 0 Å². The molecule has 1 atom stereocenters. The van der Waals surface area contributed by atoms with E-state index in [9.17, 15) is 18.8 Å². The van der Waals surface area contributed by atoms with E-state index in [4.69, 9.17) is 10.5 Å². The van der Waals surface area contributed by atoms with Crippen molar-refractivity contribution in [2.75, 3.05) is 36.5 Å². The predicted molar refractivity (Wildman–Crippen MR) is 97.8 cm³/mol. The normalized spacial score (nSPS) is 15.4. The number of urea groups is 1. The zero-order valence-electron chi connectivity index (χ0n) is 15.3. The van der Waals surface area contributed by atoms with Gasteiger partial charge >= 0.3 is 6.03 Å². The van der Waals surface area contributed by atoms with E-state index in [-0.39, 0.29) is 43.0 Å². The Labute approximate surface area is 156 Å². The number of rotatable bonds is 6. The van der Waals surface area contributed by atoms with Gasteiger partial charge in [-0.3, -0.25) is 9.59 Å². The van der Waals surface area contributed by atoms with Crippen LogP contribution in [-0.2, 0) is 14.3 Å². The number of nitrogens with zero attached hydrogens (tertiary/aromatic N) is 1. The molecule has 1 saturated heterocycles. The smallest absolute Gasteiger partial charge is 0.315 e. The summed E-state index contributed by atoms with van der Waals surface area (Å²) in [6.45, 7) is 3.92. The molecular weight excluding hydrogens is 357 g/mol. The minimum atomic E-state index is -0.979. The van der Waals surface area contributed by atoms with E-state index in [0.29, 0.717) is 6.61 Å². The van der Waals surface area contributed by atoms with E-state index in [2.05, 4.69) is 16.0 Å². The molecule has 1 fully saturated rings. The molecule has 0 spiro atoms. The molecule has 0 aliphatic carbocycles. The highest BCUT2D eigenvalue weighted by Crippen LogP contribution is 2.24.